The molecule has 1 aromatic carbocycles. The molecule has 2 rings (SSSR count). The van der Waals surface area contributed by atoms with E-state index in [1.54, 1.807) is 18.2 Å². The molecule has 0 saturated carbocycles. The summed E-state index contributed by atoms with van der Waals surface area (Å²) in [5, 5.41) is 8.82. The lowest BCUT2D eigenvalue weighted by Gasteiger charge is -2.09. The van der Waals surface area contributed by atoms with Crippen molar-refractivity contribution in [1.29, 1.82) is 0 Å². The molecular formula is C13H16N4O3S. The Bertz CT molecular complexity index is 702. The third-order valence-electron chi connectivity index (χ3n) is 2.76. The van der Waals surface area contributed by atoms with Crippen molar-refractivity contribution in [3.63, 3.8) is 0 Å². The molecular weight excluding hydrogens is 292 g/mol. The largest absolute Gasteiger partial charge is 0.396 e. The fraction of sp³-hybridized carbons (Fsp3) is 0.231. The van der Waals surface area contributed by atoms with Crippen LogP contribution in [0.4, 0.5) is 11.6 Å². The van der Waals surface area contributed by atoms with Crippen molar-refractivity contribution < 1.29 is 13.5 Å². The molecule has 0 spiro atoms. The zero-order chi connectivity index (χ0) is 15.3. The topological polar surface area (TPSA) is 118 Å². The van der Waals surface area contributed by atoms with Crippen LogP contribution in [-0.4, -0.2) is 30.1 Å². The van der Waals surface area contributed by atoms with Gasteiger partial charge in [-0.15, -0.1) is 0 Å². The molecule has 0 saturated heterocycles. The molecule has 0 bridgehead atoms. The zero-order valence-electron chi connectivity index (χ0n) is 11.2. The quantitative estimate of drug-likeness (QED) is 0.726. The Hall–Kier alpha value is -2.19. The van der Waals surface area contributed by atoms with Crippen molar-refractivity contribution >= 4 is 21.7 Å². The number of aryl methyl sites for hydroxylation is 1. The van der Waals surface area contributed by atoms with Crippen molar-refractivity contribution in [1.82, 2.24) is 9.97 Å². The van der Waals surface area contributed by atoms with E-state index in [2.05, 4.69) is 14.7 Å². The monoisotopic (exact) mass is 308 g/mol. The van der Waals surface area contributed by atoms with Gasteiger partial charge in [0.05, 0.1) is 12.4 Å². The van der Waals surface area contributed by atoms with Gasteiger partial charge in [-0.3, -0.25) is 4.72 Å². The van der Waals surface area contributed by atoms with Crippen molar-refractivity contribution in [2.75, 3.05) is 17.1 Å². The average Bonchev–Trinajstić information content (AvgIpc) is 2.45. The first-order valence-electron chi connectivity index (χ1n) is 6.31. The van der Waals surface area contributed by atoms with Gasteiger partial charge in [0.1, 0.15) is 4.90 Å². The van der Waals surface area contributed by atoms with E-state index in [1.807, 2.05) is 6.07 Å². The summed E-state index contributed by atoms with van der Waals surface area (Å²) in [4.78, 5) is 7.27. The van der Waals surface area contributed by atoms with Gasteiger partial charge in [-0.2, -0.15) is 0 Å². The fourth-order valence-corrected chi connectivity index (χ4v) is 2.69. The normalized spacial score (nSPS) is 11.3. The van der Waals surface area contributed by atoms with Gasteiger partial charge >= 0.3 is 0 Å². The van der Waals surface area contributed by atoms with E-state index in [0.717, 1.165) is 18.0 Å². The maximum absolute atomic E-state index is 12.2. The Labute approximate surface area is 122 Å². The third kappa shape index (κ3) is 4.14. The fourth-order valence-electron chi connectivity index (χ4n) is 1.75. The number of aliphatic hydroxyl groups is 1. The minimum atomic E-state index is -3.75. The summed E-state index contributed by atoms with van der Waals surface area (Å²) in [6, 6.07) is 7.01. The number of nitrogens with one attached hydrogen (secondary N) is 1. The van der Waals surface area contributed by atoms with Gasteiger partial charge in [0.2, 0.25) is 5.95 Å². The Kier molecular flexibility index (Phi) is 4.71. The van der Waals surface area contributed by atoms with Crippen molar-refractivity contribution in [3.05, 3.63) is 42.2 Å². The van der Waals surface area contributed by atoms with Gasteiger partial charge in [0.25, 0.3) is 10.0 Å². The lowest BCUT2D eigenvalue weighted by atomic mass is 10.1. The van der Waals surface area contributed by atoms with Crippen LogP contribution in [-0.2, 0) is 16.4 Å². The third-order valence-corrected chi connectivity index (χ3v) is 4.10. The summed E-state index contributed by atoms with van der Waals surface area (Å²) in [5.41, 5.74) is 6.72. The number of hydrogen-bond acceptors (Lipinski definition) is 6. The standard InChI is InChI=1S/C13H16N4O3S/c14-13-15-8-12(9-16-13)21(19,20)17-11-5-1-3-10(7-11)4-2-6-18/h1,3,5,7-9,17-18H,2,4,6H2,(H2,14,15,16). The van der Waals surface area contributed by atoms with Crippen LogP contribution in [0.5, 0.6) is 0 Å². The summed E-state index contributed by atoms with van der Waals surface area (Å²) < 4.78 is 26.8. The minimum Gasteiger partial charge on any atom is -0.396 e. The molecule has 1 aromatic heterocycles. The number of rotatable bonds is 6. The summed E-state index contributed by atoms with van der Waals surface area (Å²) in [7, 11) is -3.75. The molecule has 112 valence electrons. The van der Waals surface area contributed by atoms with Crippen LogP contribution in [0.1, 0.15) is 12.0 Å². The maximum atomic E-state index is 12.2. The SMILES string of the molecule is Nc1ncc(S(=O)(=O)Nc2cccc(CCCO)c2)cn1. The number of nitrogen functional groups attached to an aromatic ring is 1. The molecule has 2 aromatic rings. The molecule has 0 fully saturated rings. The average molecular weight is 308 g/mol. The van der Waals surface area contributed by atoms with Gasteiger partial charge in [0, 0.05) is 12.3 Å². The summed E-state index contributed by atoms with van der Waals surface area (Å²) >= 11 is 0. The molecule has 8 heteroatoms. The molecule has 0 unspecified atom stereocenters. The van der Waals surface area contributed by atoms with Crippen molar-refractivity contribution in [2.45, 2.75) is 17.7 Å². The lowest BCUT2D eigenvalue weighted by Crippen LogP contribution is -2.14. The molecule has 0 radical (unpaired) electrons. The molecule has 21 heavy (non-hydrogen) atoms. The zero-order valence-corrected chi connectivity index (χ0v) is 12.0. The van der Waals surface area contributed by atoms with Gasteiger partial charge in [-0.25, -0.2) is 18.4 Å². The maximum Gasteiger partial charge on any atom is 0.264 e. The highest BCUT2D eigenvalue weighted by Gasteiger charge is 2.15. The number of hydrogen-bond donors (Lipinski definition) is 3. The Balaban J connectivity index is 2.18. The van der Waals surface area contributed by atoms with Crippen molar-refractivity contribution in [3.8, 4) is 0 Å². The number of sulfonamides is 1. The van der Waals surface area contributed by atoms with Crippen LogP contribution < -0.4 is 10.5 Å². The molecule has 1 heterocycles. The Morgan fingerprint density at radius 2 is 1.95 bits per heavy atom. The van der Waals surface area contributed by atoms with E-state index in [4.69, 9.17) is 10.8 Å². The number of benzene rings is 1. The minimum absolute atomic E-state index is 0.0138. The van der Waals surface area contributed by atoms with Crippen molar-refractivity contribution in [2.24, 2.45) is 0 Å². The van der Waals surface area contributed by atoms with Crippen LogP contribution in [0.2, 0.25) is 0 Å². The van der Waals surface area contributed by atoms with E-state index in [9.17, 15) is 8.42 Å². The van der Waals surface area contributed by atoms with Crippen LogP contribution in [0.15, 0.2) is 41.6 Å². The van der Waals surface area contributed by atoms with Gasteiger partial charge < -0.3 is 10.8 Å². The van der Waals surface area contributed by atoms with E-state index < -0.39 is 10.0 Å². The number of nitrogens with zero attached hydrogens (tertiary/aromatic N) is 2. The summed E-state index contributed by atoms with van der Waals surface area (Å²) in [6.07, 6.45) is 3.61. The van der Waals surface area contributed by atoms with Crippen LogP contribution >= 0.6 is 0 Å². The second-order valence-corrected chi connectivity index (χ2v) is 6.09. The van der Waals surface area contributed by atoms with E-state index in [1.165, 1.54) is 0 Å². The predicted octanol–water partition coefficient (Wildman–Crippen LogP) is 0.784. The molecule has 0 aliphatic heterocycles. The molecule has 0 aliphatic carbocycles. The van der Waals surface area contributed by atoms with E-state index in [0.29, 0.717) is 18.5 Å². The highest BCUT2D eigenvalue weighted by Crippen LogP contribution is 2.17. The molecule has 4 N–H and O–H groups in total. The predicted molar refractivity (Wildman–Crippen MR) is 79.1 cm³/mol. The number of aliphatic hydroxyl groups excluding tert-OH is 1. The van der Waals surface area contributed by atoms with Crippen LogP contribution in [0.3, 0.4) is 0 Å². The second kappa shape index (κ2) is 6.51. The first-order chi connectivity index (χ1) is 10.0. The number of anilines is 2. The van der Waals surface area contributed by atoms with E-state index in [-0.39, 0.29) is 17.5 Å². The van der Waals surface area contributed by atoms with E-state index >= 15 is 0 Å². The van der Waals surface area contributed by atoms with Gasteiger partial charge in [-0.05, 0) is 30.5 Å². The van der Waals surface area contributed by atoms with Gasteiger partial charge in [-0.1, -0.05) is 12.1 Å². The highest BCUT2D eigenvalue weighted by molar-refractivity contribution is 7.92. The Morgan fingerprint density at radius 1 is 1.24 bits per heavy atom. The second-order valence-electron chi connectivity index (χ2n) is 4.41. The summed E-state index contributed by atoms with van der Waals surface area (Å²) in [6.45, 7) is 0.0960. The molecule has 7 nitrogen and oxygen atoms in total. The molecule has 0 aliphatic rings. The molecule has 0 amide bonds. The summed E-state index contributed by atoms with van der Waals surface area (Å²) in [5.74, 6) is 0.0138. The number of nitrogens with two attached hydrogens (primary N) is 1. The smallest absolute Gasteiger partial charge is 0.264 e. The number of aromatic nitrogens is 2. The Morgan fingerprint density at radius 3 is 2.62 bits per heavy atom. The van der Waals surface area contributed by atoms with Crippen LogP contribution in [0.25, 0.3) is 0 Å². The highest BCUT2D eigenvalue weighted by atomic mass is 32.2. The first-order valence-corrected chi connectivity index (χ1v) is 7.80. The van der Waals surface area contributed by atoms with Crippen LogP contribution in [0, 0.1) is 0 Å². The molecule has 0 atom stereocenters. The van der Waals surface area contributed by atoms with Gasteiger partial charge in [0.15, 0.2) is 0 Å². The lowest BCUT2D eigenvalue weighted by molar-refractivity contribution is 0.288. The first kappa shape index (κ1) is 15.2.